The smallest absolute Gasteiger partial charge is 0.329 e. The lowest BCUT2D eigenvalue weighted by Gasteiger charge is -2.19. The minimum Gasteiger partial charge on any atom is -0.337 e. The number of hydrogen-bond donors (Lipinski definition) is 1. The summed E-state index contributed by atoms with van der Waals surface area (Å²) in [7, 11) is 1.68. The van der Waals surface area contributed by atoms with E-state index in [4.69, 9.17) is 11.6 Å². The van der Waals surface area contributed by atoms with Gasteiger partial charge in [0.1, 0.15) is 0 Å². The minimum atomic E-state index is -0.586. The number of nitrogens with zero attached hydrogens (tertiary/aromatic N) is 3. The van der Waals surface area contributed by atoms with Crippen molar-refractivity contribution in [2.45, 2.75) is 45.2 Å². The molecule has 1 aliphatic rings. The number of pyridine rings is 1. The zero-order chi connectivity index (χ0) is 21.4. The Morgan fingerprint density at radius 1 is 1.30 bits per heavy atom. The van der Waals surface area contributed by atoms with Gasteiger partial charge in [-0.25, -0.2) is 9.78 Å². The highest BCUT2D eigenvalue weighted by atomic mass is 35.5. The molecule has 0 atom stereocenters. The monoisotopic (exact) mass is 426 g/mol. The number of aromatic amines is 1. The number of aryl methyl sites for hydroxylation is 1. The molecule has 30 heavy (non-hydrogen) atoms. The van der Waals surface area contributed by atoms with Crippen LogP contribution in [-0.2, 0) is 13.1 Å². The van der Waals surface area contributed by atoms with Gasteiger partial charge in [0.2, 0.25) is 0 Å². The predicted octanol–water partition coefficient (Wildman–Crippen LogP) is 3.30. The molecule has 1 fully saturated rings. The van der Waals surface area contributed by atoms with Crippen molar-refractivity contribution in [3.8, 4) is 0 Å². The Labute approximate surface area is 178 Å². The van der Waals surface area contributed by atoms with E-state index in [1.54, 1.807) is 30.1 Å². The third kappa shape index (κ3) is 3.89. The SMILES string of the molecule is CCCn1c(=O)[nH]c(=O)c2c(C(=O)N(C)Cc3cccc(Cl)c3)cc(C3CC3)nc21. The number of carbonyl (C=O) groups is 1. The molecular weight excluding hydrogens is 404 g/mol. The summed E-state index contributed by atoms with van der Waals surface area (Å²) in [5, 5.41) is 0.758. The number of H-pyrrole nitrogens is 1. The molecule has 0 spiro atoms. The average molecular weight is 427 g/mol. The van der Waals surface area contributed by atoms with E-state index in [2.05, 4.69) is 9.97 Å². The molecule has 1 saturated carbocycles. The van der Waals surface area contributed by atoms with Crippen LogP contribution in [0.1, 0.15) is 53.7 Å². The van der Waals surface area contributed by atoms with Crippen molar-refractivity contribution in [3.05, 3.63) is 73.0 Å². The Morgan fingerprint density at radius 2 is 2.07 bits per heavy atom. The predicted molar refractivity (Wildman–Crippen MR) is 116 cm³/mol. The Morgan fingerprint density at radius 3 is 2.73 bits per heavy atom. The first-order chi connectivity index (χ1) is 14.4. The maximum atomic E-state index is 13.4. The average Bonchev–Trinajstić information content (AvgIpc) is 3.55. The van der Waals surface area contributed by atoms with Crippen molar-refractivity contribution in [1.82, 2.24) is 19.4 Å². The van der Waals surface area contributed by atoms with Gasteiger partial charge < -0.3 is 4.90 Å². The molecule has 4 rings (SSSR count). The van der Waals surface area contributed by atoms with Crippen LogP contribution in [0.25, 0.3) is 11.0 Å². The van der Waals surface area contributed by atoms with Gasteiger partial charge in [-0.1, -0.05) is 30.7 Å². The first kappa shape index (κ1) is 20.3. The lowest BCUT2D eigenvalue weighted by atomic mass is 10.1. The summed E-state index contributed by atoms with van der Waals surface area (Å²) in [6, 6.07) is 9.01. The van der Waals surface area contributed by atoms with Gasteiger partial charge in [-0.05, 0) is 43.0 Å². The summed E-state index contributed by atoms with van der Waals surface area (Å²) in [6.07, 6.45) is 2.69. The quantitative estimate of drug-likeness (QED) is 0.655. The van der Waals surface area contributed by atoms with E-state index in [1.165, 1.54) is 4.57 Å². The van der Waals surface area contributed by atoms with Crippen molar-refractivity contribution in [1.29, 1.82) is 0 Å². The third-order valence-corrected chi connectivity index (χ3v) is 5.53. The van der Waals surface area contributed by atoms with E-state index in [9.17, 15) is 14.4 Å². The van der Waals surface area contributed by atoms with E-state index >= 15 is 0 Å². The van der Waals surface area contributed by atoms with Crippen LogP contribution >= 0.6 is 11.6 Å². The van der Waals surface area contributed by atoms with Gasteiger partial charge in [0.05, 0.1) is 10.9 Å². The van der Waals surface area contributed by atoms with Crippen molar-refractivity contribution in [3.63, 3.8) is 0 Å². The summed E-state index contributed by atoms with van der Waals surface area (Å²) < 4.78 is 1.45. The van der Waals surface area contributed by atoms with Crippen molar-refractivity contribution in [2.24, 2.45) is 0 Å². The normalized spacial score (nSPS) is 13.6. The van der Waals surface area contributed by atoms with Gasteiger partial charge in [-0.15, -0.1) is 0 Å². The van der Waals surface area contributed by atoms with Crippen LogP contribution in [-0.4, -0.2) is 32.4 Å². The van der Waals surface area contributed by atoms with E-state index < -0.39 is 11.2 Å². The number of benzene rings is 1. The Kier molecular flexibility index (Phi) is 5.47. The molecule has 7 nitrogen and oxygen atoms in total. The molecule has 2 aromatic heterocycles. The van der Waals surface area contributed by atoms with Gasteiger partial charge >= 0.3 is 5.69 Å². The highest BCUT2D eigenvalue weighted by Gasteiger charge is 2.29. The van der Waals surface area contributed by atoms with Crippen LogP contribution in [0, 0.1) is 0 Å². The van der Waals surface area contributed by atoms with E-state index in [0.29, 0.717) is 24.5 Å². The number of rotatable bonds is 6. The van der Waals surface area contributed by atoms with E-state index in [0.717, 1.165) is 24.1 Å². The van der Waals surface area contributed by atoms with Gasteiger partial charge in [0, 0.05) is 36.8 Å². The van der Waals surface area contributed by atoms with Crippen LogP contribution in [0.4, 0.5) is 0 Å². The highest BCUT2D eigenvalue weighted by Crippen LogP contribution is 2.40. The number of fused-ring (bicyclic) bond motifs is 1. The van der Waals surface area contributed by atoms with Crippen LogP contribution in [0.15, 0.2) is 39.9 Å². The summed E-state index contributed by atoms with van der Waals surface area (Å²) in [5.74, 6) is -0.0277. The molecule has 0 unspecified atom stereocenters. The van der Waals surface area contributed by atoms with Crippen molar-refractivity contribution in [2.75, 3.05) is 7.05 Å². The molecule has 1 amide bonds. The summed E-state index contributed by atoms with van der Waals surface area (Å²) >= 11 is 6.06. The number of amides is 1. The Hall–Kier alpha value is -2.93. The van der Waals surface area contributed by atoms with Gasteiger partial charge in [-0.2, -0.15) is 0 Å². The van der Waals surface area contributed by atoms with Gasteiger partial charge in [0.25, 0.3) is 11.5 Å². The maximum absolute atomic E-state index is 13.4. The molecule has 0 radical (unpaired) electrons. The minimum absolute atomic E-state index is 0.162. The highest BCUT2D eigenvalue weighted by molar-refractivity contribution is 6.30. The van der Waals surface area contributed by atoms with E-state index in [-0.39, 0.29) is 28.4 Å². The first-order valence-electron chi connectivity index (χ1n) is 10.1. The van der Waals surface area contributed by atoms with Crippen molar-refractivity contribution < 1.29 is 4.79 Å². The lowest BCUT2D eigenvalue weighted by Crippen LogP contribution is -2.34. The second-order valence-electron chi connectivity index (χ2n) is 7.77. The first-order valence-corrected chi connectivity index (χ1v) is 10.4. The molecule has 1 N–H and O–H groups in total. The van der Waals surface area contributed by atoms with Crippen LogP contribution in [0.3, 0.4) is 0 Å². The second-order valence-corrected chi connectivity index (χ2v) is 8.21. The topological polar surface area (TPSA) is 88.1 Å². The number of hydrogen-bond acceptors (Lipinski definition) is 4. The molecule has 8 heteroatoms. The number of nitrogens with one attached hydrogen (secondary N) is 1. The van der Waals surface area contributed by atoms with Crippen LogP contribution in [0.5, 0.6) is 0 Å². The Bertz CT molecular complexity index is 1240. The van der Waals surface area contributed by atoms with Crippen LogP contribution in [0.2, 0.25) is 5.02 Å². The summed E-state index contributed by atoms with van der Waals surface area (Å²) in [6.45, 7) is 2.70. The molecule has 0 saturated heterocycles. The Balaban J connectivity index is 1.84. The van der Waals surface area contributed by atoms with E-state index in [1.807, 2.05) is 19.1 Å². The fraction of sp³-hybridized carbons (Fsp3) is 0.364. The molecule has 2 heterocycles. The molecule has 0 bridgehead atoms. The zero-order valence-corrected chi connectivity index (χ0v) is 17.7. The molecule has 1 aromatic carbocycles. The molecular formula is C22H23ClN4O3. The van der Waals surface area contributed by atoms with Gasteiger partial charge in [0.15, 0.2) is 5.65 Å². The maximum Gasteiger partial charge on any atom is 0.329 e. The fourth-order valence-electron chi connectivity index (χ4n) is 3.67. The van der Waals surface area contributed by atoms with Gasteiger partial charge in [-0.3, -0.25) is 19.1 Å². The second kappa shape index (κ2) is 8.07. The molecule has 156 valence electrons. The molecule has 1 aliphatic carbocycles. The zero-order valence-electron chi connectivity index (χ0n) is 16.9. The van der Waals surface area contributed by atoms with Crippen molar-refractivity contribution >= 4 is 28.5 Å². The van der Waals surface area contributed by atoms with Crippen LogP contribution < -0.4 is 11.2 Å². The molecule has 3 aromatic rings. The largest absolute Gasteiger partial charge is 0.337 e. The lowest BCUT2D eigenvalue weighted by molar-refractivity contribution is 0.0786. The number of halogens is 1. The standard InChI is InChI=1S/C22H23ClN4O3/c1-3-9-27-19-18(20(28)25-22(27)30)16(11-17(24-19)14-7-8-14)21(29)26(2)12-13-5-4-6-15(23)10-13/h4-6,10-11,14H,3,7-9,12H2,1-2H3,(H,25,28,30). The molecule has 0 aliphatic heterocycles. The fourth-order valence-corrected chi connectivity index (χ4v) is 3.88. The third-order valence-electron chi connectivity index (χ3n) is 5.30. The summed E-state index contributed by atoms with van der Waals surface area (Å²) in [4.78, 5) is 47.0. The summed E-state index contributed by atoms with van der Waals surface area (Å²) in [5.41, 5.74) is 1.12. The number of carbonyl (C=O) groups excluding carboxylic acids is 1. The number of aromatic nitrogens is 3.